The van der Waals surface area contributed by atoms with E-state index in [1.165, 1.54) is 21.0 Å². The maximum atomic E-state index is 12.3. The van der Waals surface area contributed by atoms with E-state index in [2.05, 4.69) is 10.6 Å². The fourth-order valence-corrected chi connectivity index (χ4v) is 2.24. The maximum absolute atomic E-state index is 12.3. The average Bonchev–Trinajstić information content (AvgIpc) is 2.68. The number of anilines is 1. The quantitative estimate of drug-likeness (QED) is 0.730. The molecule has 2 N–H and O–H groups in total. The van der Waals surface area contributed by atoms with Crippen molar-refractivity contribution in [1.82, 2.24) is 5.32 Å². The van der Waals surface area contributed by atoms with Gasteiger partial charge in [-0.05, 0) is 38.1 Å². The molecule has 142 valence electrons. The van der Waals surface area contributed by atoms with Crippen molar-refractivity contribution in [3.63, 3.8) is 0 Å². The lowest BCUT2D eigenvalue weighted by Gasteiger charge is -2.18. The molecule has 0 spiro atoms. The van der Waals surface area contributed by atoms with Crippen LogP contribution in [0.2, 0.25) is 0 Å². The Bertz CT molecular complexity index is 807. The van der Waals surface area contributed by atoms with E-state index in [4.69, 9.17) is 9.47 Å². The van der Waals surface area contributed by atoms with Crippen molar-refractivity contribution in [1.29, 1.82) is 0 Å². The highest BCUT2D eigenvalue weighted by atomic mass is 16.5. The molecule has 2 aromatic carbocycles. The number of carbonyl (C=O) groups excluding carboxylic acids is 3. The Labute approximate surface area is 157 Å². The number of carbonyl (C=O) groups is 3. The third-order valence-electron chi connectivity index (χ3n) is 3.76. The molecule has 0 saturated carbocycles. The lowest BCUT2D eigenvalue weighted by molar-refractivity contribution is -0.154. The van der Waals surface area contributed by atoms with Crippen LogP contribution in [0, 0.1) is 0 Å². The largest absolute Gasteiger partial charge is 0.495 e. The van der Waals surface area contributed by atoms with Gasteiger partial charge in [0.15, 0.2) is 6.10 Å². The Morgan fingerprint density at radius 3 is 2.22 bits per heavy atom. The van der Waals surface area contributed by atoms with Gasteiger partial charge in [0.1, 0.15) is 11.8 Å². The lowest BCUT2D eigenvalue weighted by atomic mass is 10.2. The summed E-state index contributed by atoms with van der Waals surface area (Å²) in [6, 6.07) is 14.5. The minimum atomic E-state index is -1.04. The number of benzene rings is 2. The number of methoxy groups -OCH3 is 1. The standard InChI is InChI=1S/C20H22N2O5/c1-13(21-19(24)15-9-5-4-6-10-15)20(25)27-14(2)18(23)22-16-11-7-8-12-17(16)26-3/h4-14H,1-3H3,(H,21,24)(H,22,23)/t13-,14-/m0/s1. The van der Waals surface area contributed by atoms with Gasteiger partial charge in [-0.1, -0.05) is 30.3 Å². The summed E-state index contributed by atoms with van der Waals surface area (Å²) in [5, 5.41) is 5.19. The summed E-state index contributed by atoms with van der Waals surface area (Å²) >= 11 is 0. The minimum absolute atomic E-state index is 0.397. The molecule has 0 unspecified atom stereocenters. The molecule has 0 heterocycles. The Kier molecular flexibility index (Phi) is 6.93. The second-order valence-corrected chi connectivity index (χ2v) is 5.83. The molecule has 0 radical (unpaired) electrons. The van der Waals surface area contributed by atoms with Crippen LogP contribution in [0.25, 0.3) is 0 Å². The number of hydrogen-bond acceptors (Lipinski definition) is 5. The first-order chi connectivity index (χ1) is 12.9. The van der Waals surface area contributed by atoms with Gasteiger partial charge in [-0.2, -0.15) is 0 Å². The lowest BCUT2D eigenvalue weighted by Crippen LogP contribution is -2.42. The molecular formula is C20H22N2O5. The van der Waals surface area contributed by atoms with E-state index in [0.29, 0.717) is 17.0 Å². The van der Waals surface area contributed by atoms with Crippen LogP contribution >= 0.6 is 0 Å². The van der Waals surface area contributed by atoms with Gasteiger partial charge in [-0.3, -0.25) is 9.59 Å². The van der Waals surface area contributed by atoms with Gasteiger partial charge >= 0.3 is 5.97 Å². The smallest absolute Gasteiger partial charge is 0.329 e. The van der Waals surface area contributed by atoms with E-state index >= 15 is 0 Å². The van der Waals surface area contributed by atoms with Crippen LogP contribution in [0.4, 0.5) is 5.69 Å². The second kappa shape index (κ2) is 9.38. The molecule has 2 rings (SSSR count). The molecule has 0 aliphatic rings. The van der Waals surface area contributed by atoms with Crippen molar-refractivity contribution in [2.45, 2.75) is 26.0 Å². The first-order valence-electron chi connectivity index (χ1n) is 8.42. The van der Waals surface area contributed by atoms with E-state index in [0.717, 1.165) is 0 Å². The number of esters is 1. The number of ether oxygens (including phenoxy) is 2. The van der Waals surface area contributed by atoms with Crippen molar-refractivity contribution in [3.8, 4) is 5.75 Å². The molecule has 7 nitrogen and oxygen atoms in total. The number of rotatable bonds is 7. The van der Waals surface area contributed by atoms with Crippen molar-refractivity contribution < 1.29 is 23.9 Å². The molecule has 2 amide bonds. The highest BCUT2D eigenvalue weighted by Crippen LogP contribution is 2.23. The zero-order valence-corrected chi connectivity index (χ0v) is 15.4. The molecule has 0 bridgehead atoms. The number of nitrogens with one attached hydrogen (secondary N) is 2. The van der Waals surface area contributed by atoms with Gasteiger partial charge in [0, 0.05) is 5.56 Å². The van der Waals surface area contributed by atoms with Gasteiger partial charge in [-0.15, -0.1) is 0 Å². The maximum Gasteiger partial charge on any atom is 0.329 e. The molecule has 0 aliphatic carbocycles. The van der Waals surface area contributed by atoms with E-state index in [-0.39, 0.29) is 0 Å². The first-order valence-corrected chi connectivity index (χ1v) is 8.42. The highest BCUT2D eigenvalue weighted by molar-refractivity contribution is 5.98. The minimum Gasteiger partial charge on any atom is -0.495 e. The normalized spacial score (nSPS) is 12.4. The predicted octanol–water partition coefficient (Wildman–Crippen LogP) is 2.38. The summed E-state index contributed by atoms with van der Waals surface area (Å²) in [5.74, 6) is -1.12. The number of hydrogen-bond donors (Lipinski definition) is 2. The summed E-state index contributed by atoms with van der Waals surface area (Å²) in [7, 11) is 1.49. The highest BCUT2D eigenvalue weighted by Gasteiger charge is 2.24. The van der Waals surface area contributed by atoms with Crippen molar-refractivity contribution in [2.24, 2.45) is 0 Å². The molecule has 2 aromatic rings. The van der Waals surface area contributed by atoms with Crippen molar-refractivity contribution in [3.05, 3.63) is 60.2 Å². The first kappa shape index (κ1) is 20.0. The van der Waals surface area contributed by atoms with Gasteiger partial charge in [0.2, 0.25) is 0 Å². The van der Waals surface area contributed by atoms with E-state index in [9.17, 15) is 14.4 Å². The topological polar surface area (TPSA) is 93.7 Å². The molecule has 0 aliphatic heterocycles. The Balaban J connectivity index is 1.90. The number of amides is 2. The van der Waals surface area contributed by atoms with Crippen LogP contribution in [0.5, 0.6) is 5.75 Å². The third kappa shape index (κ3) is 5.57. The predicted molar refractivity (Wildman–Crippen MR) is 101 cm³/mol. The van der Waals surface area contributed by atoms with Crippen LogP contribution in [-0.4, -0.2) is 37.0 Å². The Morgan fingerprint density at radius 1 is 0.926 bits per heavy atom. The van der Waals surface area contributed by atoms with Gasteiger partial charge in [-0.25, -0.2) is 4.79 Å². The fraction of sp³-hybridized carbons (Fsp3) is 0.250. The fourth-order valence-electron chi connectivity index (χ4n) is 2.24. The molecule has 0 aromatic heterocycles. The molecule has 2 atom stereocenters. The van der Waals surface area contributed by atoms with Crippen LogP contribution in [0.3, 0.4) is 0 Å². The summed E-state index contributed by atoms with van der Waals surface area (Å²) in [4.78, 5) is 36.5. The Hall–Kier alpha value is -3.35. The van der Waals surface area contributed by atoms with Gasteiger partial charge in [0.05, 0.1) is 12.8 Å². The SMILES string of the molecule is COc1ccccc1NC(=O)[C@H](C)OC(=O)[C@H](C)NC(=O)c1ccccc1. The van der Waals surface area contributed by atoms with Crippen LogP contribution < -0.4 is 15.4 Å². The average molecular weight is 370 g/mol. The molecular weight excluding hydrogens is 348 g/mol. The molecule has 7 heteroatoms. The summed E-state index contributed by atoms with van der Waals surface area (Å²) in [5.41, 5.74) is 0.900. The van der Waals surface area contributed by atoms with Crippen LogP contribution in [0.1, 0.15) is 24.2 Å². The van der Waals surface area contributed by atoms with Crippen LogP contribution in [0.15, 0.2) is 54.6 Å². The summed E-state index contributed by atoms with van der Waals surface area (Å²) < 4.78 is 10.3. The molecule has 0 fully saturated rings. The summed E-state index contributed by atoms with van der Waals surface area (Å²) in [6.45, 7) is 2.95. The Morgan fingerprint density at radius 2 is 1.56 bits per heavy atom. The van der Waals surface area contributed by atoms with Gasteiger partial charge < -0.3 is 20.1 Å². The monoisotopic (exact) mass is 370 g/mol. The third-order valence-corrected chi connectivity index (χ3v) is 3.76. The molecule has 27 heavy (non-hydrogen) atoms. The van der Waals surface area contributed by atoms with E-state index in [1.54, 1.807) is 54.6 Å². The zero-order valence-electron chi connectivity index (χ0n) is 15.4. The van der Waals surface area contributed by atoms with Gasteiger partial charge in [0.25, 0.3) is 11.8 Å². The zero-order chi connectivity index (χ0) is 19.8. The van der Waals surface area contributed by atoms with E-state index < -0.39 is 29.9 Å². The summed E-state index contributed by atoms with van der Waals surface area (Å²) in [6.07, 6.45) is -1.04. The van der Waals surface area contributed by atoms with Crippen LogP contribution in [-0.2, 0) is 14.3 Å². The van der Waals surface area contributed by atoms with Crippen molar-refractivity contribution in [2.75, 3.05) is 12.4 Å². The molecule has 0 saturated heterocycles. The van der Waals surface area contributed by atoms with Crippen molar-refractivity contribution >= 4 is 23.5 Å². The number of para-hydroxylation sites is 2. The second-order valence-electron chi connectivity index (χ2n) is 5.83. The van der Waals surface area contributed by atoms with E-state index in [1.807, 2.05) is 0 Å².